The van der Waals surface area contributed by atoms with Crippen molar-refractivity contribution in [3.8, 4) is 0 Å². The van der Waals surface area contributed by atoms with Crippen LogP contribution in [0.1, 0.15) is 58.8 Å². The number of carbonyl (C=O) groups excluding carboxylic acids is 1. The van der Waals surface area contributed by atoms with E-state index in [0.717, 1.165) is 19.5 Å². The maximum absolute atomic E-state index is 12.8. The highest BCUT2D eigenvalue weighted by molar-refractivity contribution is 5.84. The lowest BCUT2D eigenvalue weighted by molar-refractivity contribution is -0.134. The van der Waals surface area contributed by atoms with Crippen molar-refractivity contribution in [2.45, 2.75) is 77.0 Å². The zero-order valence-corrected chi connectivity index (χ0v) is 13.7. The summed E-state index contributed by atoms with van der Waals surface area (Å²) in [6, 6.07) is 0.494. The third-order valence-corrected chi connectivity index (χ3v) is 5.80. The molecule has 1 saturated carbocycles. The summed E-state index contributed by atoms with van der Waals surface area (Å²) >= 11 is 0. The Kier molecular flexibility index (Phi) is 4.85. The average molecular weight is 293 g/mol. The van der Waals surface area contributed by atoms with Crippen LogP contribution >= 0.6 is 0 Å². The fourth-order valence-corrected chi connectivity index (χ4v) is 4.56. The second-order valence-corrected chi connectivity index (χ2v) is 7.05. The molecule has 0 spiro atoms. The summed E-state index contributed by atoms with van der Waals surface area (Å²) in [7, 11) is 0. The summed E-state index contributed by atoms with van der Waals surface area (Å²) in [4.78, 5) is 17.6. The highest BCUT2D eigenvalue weighted by Crippen LogP contribution is 2.34. The molecule has 2 heterocycles. The van der Waals surface area contributed by atoms with Crippen LogP contribution in [-0.2, 0) is 4.79 Å². The predicted octanol–water partition coefficient (Wildman–Crippen LogP) is 2.20. The first-order valence-electron chi connectivity index (χ1n) is 9.05. The van der Waals surface area contributed by atoms with Crippen molar-refractivity contribution in [2.24, 2.45) is 5.92 Å². The van der Waals surface area contributed by atoms with E-state index in [1.54, 1.807) is 0 Å². The van der Waals surface area contributed by atoms with E-state index in [4.69, 9.17) is 0 Å². The molecule has 0 bridgehead atoms. The van der Waals surface area contributed by atoms with Gasteiger partial charge in [-0.3, -0.25) is 10.1 Å². The maximum Gasteiger partial charge on any atom is 0.241 e. The Balaban J connectivity index is 1.76. The molecular weight excluding hydrogens is 262 g/mol. The van der Waals surface area contributed by atoms with Gasteiger partial charge in [-0.05, 0) is 51.1 Å². The largest absolute Gasteiger partial charge is 0.321 e. The van der Waals surface area contributed by atoms with Crippen LogP contribution in [0, 0.1) is 5.92 Å². The number of piperidine rings is 1. The fraction of sp³-hybridized carbons (Fsp3) is 0.941. The van der Waals surface area contributed by atoms with Crippen LogP contribution in [0.4, 0.5) is 0 Å². The van der Waals surface area contributed by atoms with E-state index in [9.17, 15) is 4.79 Å². The minimum Gasteiger partial charge on any atom is -0.321 e. The topological polar surface area (TPSA) is 35.6 Å². The van der Waals surface area contributed by atoms with E-state index >= 15 is 0 Å². The molecule has 3 rings (SSSR count). The average Bonchev–Trinajstić information content (AvgIpc) is 3.14. The molecule has 21 heavy (non-hydrogen) atoms. The molecule has 120 valence electrons. The second kappa shape index (κ2) is 6.66. The summed E-state index contributed by atoms with van der Waals surface area (Å²) < 4.78 is 0. The van der Waals surface area contributed by atoms with Gasteiger partial charge in [-0.25, -0.2) is 0 Å². The molecule has 2 aliphatic heterocycles. The van der Waals surface area contributed by atoms with Crippen LogP contribution in [-0.4, -0.2) is 53.6 Å². The molecule has 0 aromatic rings. The number of hydrogen-bond acceptors (Lipinski definition) is 3. The lowest BCUT2D eigenvalue weighted by Crippen LogP contribution is -2.54. The van der Waals surface area contributed by atoms with Gasteiger partial charge in [0, 0.05) is 12.6 Å². The van der Waals surface area contributed by atoms with Crippen molar-refractivity contribution in [2.75, 3.05) is 19.6 Å². The highest BCUT2D eigenvalue weighted by Gasteiger charge is 2.45. The van der Waals surface area contributed by atoms with Crippen molar-refractivity contribution < 1.29 is 4.79 Å². The highest BCUT2D eigenvalue weighted by atomic mass is 16.2. The van der Waals surface area contributed by atoms with Gasteiger partial charge in [0.15, 0.2) is 0 Å². The van der Waals surface area contributed by atoms with Crippen molar-refractivity contribution in [3.05, 3.63) is 0 Å². The van der Waals surface area contributed by atoms with E-state index in [1.807, 2.05) is 0 Å². The van der Waals surface area contributed by atoms with Crippen molar-refractivity contribution in [3.63, 3.8) is 0 Å². The summed E-state index contributed by atoms with van der Waals surface area (Å²) in [5.41, 5.74) is 0. The van der Waals surface area contributed by atoms with Gasteiger partial charge in [0.2, 0.25) is 5.91 Å². The first-order valence-corrected chi connectivity index (χ1v) is 9.05. The third-order valence-electron chi connectivity index (χ3n) is 5.80. The molecule has 0 aromatic heterocycles. The minimum absolute atomic E-state index is 0.0626. The standard InChI is InChI=1S/C17H31N3O/c1-3-15-17(21)20(14-10-7-11-19(4-2)12-14)16(18-15)13-8-5-6-9-13/h13-16,18H,3-12H2,1-2H3. The molecule has 0 radical (unpaired) electrons. The molecule has 0 aromatic carbocycles. The normalized spacial score (nSPS) is 35.8. The Morgan fingerprint density at radius 2 is 1.90 bits per heavy atom. The summed E-state index contributed by atoms with van der Waals surface area (Å²) in [5.74, 6) is 1.06. The number of rotatable bonds is 4. The number of hydrogen-bond donors (Lipinski definition) is 1. The Labute approximate surface area is 129 Å². The van der Waals surface area contributed by atoms with Gasteiger partial charge in [0.05, 0.1) is 12.2 Å². The molecule has 3 fully saturated rings. The second-order valence-electron chi connectivity index (χ2n) is 7.05. The zero-order chi connectivity index (χ0) is 14.8. The van der Waals surface area contributed by atoms with Gasteiger partial charge in [-0.15, -0.1) is 0 Å². The summed E-state index contributed by atoms with van der Waals surface area (Å²) in [5, 5.41) is 3.67. The van der Waals surface area contributed by atoms with Gasteiger partial charge in [0.25, 0.3) is 0 Å². The van der Waals surface area contributed by atoms with E-state index in [-0.39, 0.29) is 6.04 Å². The molecular formula is C17H31N3O. The van der Waals surface area contributed by atoms with Gasteiger partial charge in [-0.1, -0.05) is 26.7 Å². The number of likely N-dealkylation sites (N-methyl/N-ethyl adjacent to an activating group) is 1. The quantitative estimate of drug-likeness (QED) is 0.863. The first-order chi connectivity index (χ1) is 10.2. The molecule has 3 aliphatic rings. The molecule has 4 nitrogen and oxygen atoms in total. The number of nitrogens with zero attached hydrogens (tertiary/aromatic N) is 2. The Morgan fingerprint density at radius 1 is 1.14 bits per heavy atom. The van der Waals surface area contributed by atoms with E-state index in [2.05, 4.69) is 29.0 Å². The van der Waals surface area contributed by atoms with Gasteiger partial charge in [-0.2, -0.15) is 0 Å². The molecule has 2 saturated heterocycles. The summed E-state index contributed by atoms with van der Waals surface area (Å²) in [6.45, 7) is 7.74. The van der Waals surface area contributed by atoms with Crippen LogP contribution < -0.4 is 5.32 Å². The minimum atomic E-state index is 0.0626. The van der Waals surface area contributed by atoms with Crippen LogP contribution in [0.5, 0.6) is 0 Å². The molecule has 1 N–H and O–H groups in total. The number of amides is 1. The van der Waals surface area contributed by atoms with Crippen molar-refractivity contribution in [1.82, 2.24) is 15.1 Å². The maximum atomic E-state index is 12.8. The van der Waals surface area contributed by atoms with Crippen LogP contribution in [0.3, 0.4) is 0 Å². The van der Waals surface area contributed by atoms with Crippen LogP contribution in [0.2, 0.25) is 0 Å². The van der Waals surface area contributed by atoms with Gasteiger partial charge >= 0.3 is 0 Å². The monoisotopic (exact) mass is 293 g/mol. The van der Waals surface area contributed by atoms with Crippen molar-refractivity contribution in [1.29, 1.82) is 0 Å². The third kappa shape index (κ3) is 2.98. The predicted molar refractivity (Wildman–Crippen MR) is 84.9 cm³/mol. The number of likely N-dealkylation sites (tertiary alicyclic amines) is 1. The SMILES string of the molecule is CCC1NC(C2CCCC2)N(C2CCCN(CC)C2)C1=O. The van der Waals surface area contributed by atoms with Gasteiger partial charge < -0.3 is 9.80 Å². The lowest BCUT2D eigenvalue weighted by atomic mass is 9.99. The Bertz CT molecular complexity index is 367. The molecule has 3 atom stereocenters. The molecule has 3 unspecified atom stereocenters. The zero-order valence-electron chi connectivity index (χ0n) is 13.7. The molecule has 1 aliphatic carbocycles. The smallest absolute Gasteiger partial charge is 0.241 e. The first kappa shape index (κ1) is 15.3. The Hall–Kier alpha value is -0.610. The Morgan fingerprint density at radius 3 is 2.57 bits per heavy atom. The molecule has 4 heteroatoms. The number of carbonyl (C=O) groups is 1. The molecule has 1 amide bonds. The lowest BCUT2D eigenvalue weighted by Gasteiger charge is -2.41. The van der Waals surface area contributed by atoms with Crippen molar-refractivity contribution >= 4 is 5.91 Å². The van der Waals surface area contributed by atoms with E-state index in [1.165, 1.54) is 45.1 Å². The van der Waals surface area contributed by atoms with Crippen LogP contribution in [0.25, 0.3) is 0 Å². The van der Waals surface area contributed by atoms with E-state index in [0.29, 0.717) is 24.0 Å². The summed E-state index contributed by atoms with van der Waals surface area (Å²) in [6.07, 6.45) is 8.92. The fourth-order valence-electron chi connectivity index (χ4n) is 4.56. The number of nitrogens with one attached hydrogen (secondary N) is 1. The van der Waals surface area contributed by atoms with Crippen LogP contribution in [0.15, 0.2) is 0 Å². The van der Waals surface area contributed by atoms with Gasteiger partial charge in [0.1, 0.15) is 0 Å². The van der Waals surface area contributed by atoms with E-state index < -0.39 is 0 Å².